The molecular formula is C11H22N2O2. The lowest BCUT2D eigenvalue weighted by atomic mass is 10.0. The molecule has 2 unspecified atom stereocenters. The molecule has 2 rings (SSSR count). The lowest BCUT2D eigenvalue weighted by molar-refractivity contribution is 0.0732. The topological polar surface area (TPSA) is 42.5 Å². The predicted molar refractivity (Wildman–Crippen MR) is 59.1 cm³/mol. The van der Waals surface area contributed by atoms with Crippen molar-refractivity contribution in [2.24, 2.45) is 0 Å². The van der Waals surface area contributed by atoms with Crippen LogP contribution < -0.4 is 10.6 Å². The fraction of sp³-hybridized carbons (Fsp3) is 1.00. The van der Waals surface area contributed by atoms with Gasteiger partial charge in [-0.05, 0) is 26.3 Å². The van der Waals surface area contributed by atoms with E-state index in [0.29, 0.717) is 6.04 Å². The van der Waals surface area contributed by atoms with E-state index < -0.39 is 0 Å². The zero-order valence-electron chi connectivity index (χ0n) is 9.55. The van der Waals surface area contributed by atoms with Crippen molar-refractivity contribution in [3.8, 4) is 0 Å². The average molecular weight is 214 g/mol. The molecule has 2 N–H and O–H groups in total. The van der Waals surface area contributed by atoms with Crippen molar-refractivity contribution in [1.82, 2.24) is 10.6 Å². The van der Waals surface area contributed by atoms with E-state index in [1.54, 1.807) is 0 Å². The SMILES string of the molecule is CC1(NCCC2COCCN2)CCOC1. The van der Waals surface area contributed by atoms with Gasteiger partial charge in [-0.2, -0.15) is 0 Å². The average Bonchev–Trinajstić information content (AvgIpc) is 2.67. The first-order chi connectivity index (χ1) is 7.29. The molecule has 4 nitrogen and oxygen atoms in total. The maximum Gasteiger partial charge on any atom is 0.0646 e. The van der Waals surface area contributed by atoms with Gasteiger partial charge < -0.3 is 20.1 Å². The van der Waals surface area contributed by atoms with Gasteiger partial charge >= 0.3 is 0 Å². The number of ether oxygens (including phenoxy) is 2. The second kappa shape index (κ2) is 5.25. The molecule has 0 aliphatic carbocycles. The molecule has 2 atom stereocenters. The van der Waals surface area contributed by atoms with E-state index in [1.165, 1.54) is 0 Å². The molecule has 0 spiro atoms. The summed E-state index contributed by atoms with van der Waals surface area (Å²) in [5, 5.41) is 7.05. The van der Waals surface area contributed by atoms with E-state index in [1.807, 2.05) is 0 Å². The lowest BCUT2D eigenvalue weighted by Gasteiger charge is -2.27. The zero-order valence-corrected chi connectivity index (χ0v) is 9.55. The molecule has 0 radical (unpaired) electrons. The molecule has 4 heteroatoms. The van der Waals surface area contributed by atoms with E-state index in [-0.39, 0.29) is 5.54 Å². The molecule has 15 heavy (non-hydrogen) atoms. The first-order valence-electron chi connectivity index (χ1n) is 5.92. The monoisotopic (exact) mass is 214 g/mol. The largest absolute Gasteiger partial charge is 0.379 e. The maximum absolute atomic E-state index is 5.41. The standard InChI is InChI=1S/C11H22N2O2/c1-11(3-6-15-9-11)13-4-2-10-8-14-7-5-12-10/h10,12-13H,2-9H2,1H3. The smallest absolute Gasteiger partial charge is 0.0646 e. The van der Waals surface area contributed by atoms with Crippen molar-refractivity contribution in [2.75, 3.05) is 39.5 Å². The first kappa shape index (κ1) is 11.3. The Bertz CT molecular complexity index is 187. The van der Waals surface area contributed by atoms with Gasteiger partial charge in [0.2, 0.25) is 0 Å². The quantitative estimate of drug-likeness (QED) is 0.698. The summed E-state index contributed by atoms with van der Waals surface area (Å²) in [6.07, 6.45) is 2.26. The molecule has 0 aromatic rings. The Kier molecular flexibility index (Phi) is 3.97. The molecule has 2 aliphatic heterocycles. The van der Waals surface area contributed by atoms with Crippen LogP contribution in [0.15, 0.2) is 0 Å². The summed E-state index contributed by atoms with van der Waals surface area (Å²) >= 11 is 0. The van der Waals surface area contributed by atoms with Crippen molar-refractivity contribution >= 4 is 0 Å². The Morgan fingerprint density at radius 1 is 1.40 bits per heavy atom. The van der Waals surface area contributed by atoms with Gasteiger partial charge in [-0.3, -0.25) is 0 Å². The molecule has 2 saturated heterocycles. The van der Waals surface area contributed by atoms with Crippen LogP contribution in [0.3, 0.4) is 0 Å². The Morgan fingerprint density at radius 2 is 2.33 bits per heavy atom. The van der Waals surface area contributed by atoms with Gasteiger partial charge in [-0.25, -0.2) is 0 Å². The van der Waals surface area contributed by atoms with E-state index in [2.05, 4.69) is 17.6 Å². The minimum atomic E-state index is 0.204. The maximum atomic E-state index is 5.41. The highest BCUT2D eigenvalue weighted by atomic mass is 16.5. The number of nitrogens with one attached hydrogen (secondary N) is 2. The number of hydrogen-bond acceptors (Lipinski definition) is 4. The van der Waals surface area contributed by atoms with Crippen LogP contribution in [0.2, 0.25) is 0 Å². The third-order valence-electron chi connectivity index (χ3n) is 3.26. The Hall–Kier alpha value is -0.160. The molecule has 2 heterocycles. The summed E-state index contributed by atoms with van der Waals surface area (Å²) in [6.45, 7) is 7.73. The normalized spacial score (nSPS) is 37.0. The molecule has 0 aromatic carbocycles. The fourth-order valence-electron chi connectivity index (χ4n) is 2.16. The first-order valence-corrected chi connectivity index (χ1v) is 5.92. The lowest BCUT2D eigenvalue weighted by Crippen LogP contribution is -2.47. The second-order valence-electron chi connectivity index (χ2n) is 4.80. The summed E-state index contributed by atoms with van der Waals surface area (Å²) in [6, 6.07) is 0.525. The second-order valence-corrected chi connectivity index (χ2v) is 4.80. The van der Waals surface area contributed by atoms with Gasteiger partial charge in [0, 0.05) is 24.7 Å². The van der Waals surface area contributed by atoms with Crippen LogP contribution in [0.4, 0.5) is 0 Å². The van der Waals surface area contributed by atoms with Crippen LogP contribution in [0.25, 0.3) is 0 Å². The number of rotatable bonds is 4. The van der Waals surface area contributed by atoms with Crippen LogP contribution in [-0.4, -0.2) is 51.1 Å². The third-order valence-corrected chi connectivity index (χ3v) is 3.26. The molecule has 2 aliphatic rings. The van der Waals surface area contributed by atoms with Gasteiger partial charge in [-0.1, -0.05) is 0 Å². The molecular weight excluding hydrogens is 192 g/mol. The molecule has 88 valence electrons. The summed E-state index contributed by atoms with van der Waals surface area (Å²) in [7, 11) is 0. The van der Waals surface area contributed by atoms with E-state index in [9.17, 15) is 0 Å². The highest BCUT2D eigenvalue weighted by Gasteiger charge is 2.28. The third kappa shape index (κ3) is 3.41. The zero-order chi connectivity index (χ0) is 10.6. The Balaban J connectivity index is 1.61. The van der Waals surface area contributed by atoms with Gasteiger partial charge in [0.15, 0.2) is 0 Å². The van der Waals surface area contributed by atoms with Crippen LogP contribution in [0, 0.1) is 0 Å². The fourth-order valence-corrected chi connectivity index (χ4v) is 2.16. The van der Waals surface area contributed by atoms with Crippen molar-refractivity contribution in [1.29, 1.82) is 0 Å². The summed E-state index contributed by atoms with van der Waals surface area (Å²) in [5.41, 5.74) is 0.204. The highest BCUT2D eigenvalue weighted by molar-refractivity contribution is 4.87. The highest BCUT2D eigenvalue weighted by Crippen LogP contribution is 2.17. The van der Waals surface area contributed by atoms with Crippen molar-refractivity contribution in [3.63, 3.8) is 0 Å². The number of hydrogen-bond donors (Lipinski definition) is 2. The minimum Gasteiger partial charge on any atom is -0.379 e. The molecule has 0 bridgehead atoms. The summed E-state index contributed by atoms with van der Waals surface area (Å²) in [5.74, 6) is 0. The Labute approximate surface area is 91.7 Å². The molecule has 2 fully saturated rings. The van der Waals surface area contributed by atoms with Crippen molar-refractivity contribution in [2.45, 2.75) is 31.3 Å². The Morgan fingerprint density at radius 3 is 3.00 bits per heavy atom. The van der Waals surface area contributed by atoms with E-state index in [0.717, 1.165) is 52.4 Å². The van der Waals surface area contributed by atoms with Gasteiger partial charge in [-0.15, -0.1) is 0 Å². The van der Waals surface area contributed by atoms with Crippen molar-refractivity contribution < 1.29 is 9.47 Å². The van der Waals surface area contributed by atoms with E-state index >= 15 is 0 Å². The molecule has 0 saturated carbocycles. The van der Waals surface area contributed by atoms with Crippen LogP contribution in [0.1, 0.15) is 19.8 Å². The van der Waals surface area contributed by atoms with Gasteiger partial charge in [0.1, 0.15) is 0 Å². The van der Waals surface area contributed by atoms with Gasteiger partial charge in [0.05, 0.1) is 19.8 Å². The molecule has 0 amide bonds. The van der Waals surface area contributed by atoms with Crippen LogP contribution in [-0.2, 0) is 9.47 Å². The predicted octanol–water partition coefficient (Wildman–Crippen LogP) is 0.134. The summed E-state index contributed by atoms with van der Waals surface area (Å²) in [4.78, 5) is 0. The van der Waals surface area contributed by atoms with Crippen molar-refractivity contribution in [3.05, 3.63) is 0 Å². The molecule has 0 aromatic heterocycles. The van der Waals surface area contributed by atoms with Gasteiger partial charge in [0.25, 0.3) is 0 Å². The minimum absolute atomic E-state index is 0.204. The van der Waals surface area contributed by atoms with E-state index in [4.69, 9.17) is 9.47 Å². The number of morpholine rings is 1. The van der Waals surface area contributed by atoms with Crippen LogP contribution >= 0.6 is 0 Å². The summed E-state index contributed by atoms with van der Waals surface area (Å²) < 4.78 is 10.8. The van der Waals surface area contributed by atoms with Crippen LogP contribution in [0.5, 0.6) is 0 Å².